The fraction of sp³-hybridized carbons (Fsp3) is 0.750. The molecule has 6 nitrogen and oxygen atoms in total. The highest BCUT2D eigenvalue weighted by Crippen LogP contribution is 2.17. The summed E-state index contributed by atoms with van der Waals surface area (Å²) in [6.45, 7) is 6.23. The number of amides is 1. The highest BCUT2D eigenvalue weighted by Gasteiger charge is 2.24. The molecule has 1 amide bonds. The van der Waals surface area contributed by atoms with E-state index in [1.54, 1.807) is 0 Å². The van der Waals surface area contributed by atoms with Crippen LogP contribution >= 0.6 is 0 Å². The maximum Gasteiger partial charge on any atom is 0.306 e. The summed E-state index contributed by atoms with van der Waals surface area (Å²) < 4.78 is 5.91. The number of hydrogen-bond acceptors (Lipinski definition) is 5. The number of rotatable bonds is 46. The number of carbonyl (C=O) groups is 2. The van der Waals surface area contributed by atoms with Crippen LogP contribution in [0.15, 0.2) is 72.9 Å². The Balaban J connectivity index is 4.57. The molecule has 0 aromatic heterocycles. The van der Waals surface area contributed by atoms with Gasteiger partial charge in [-0.3, -0.25) is 9.59 Å². The van der Waals surface area contributed by atoms with Gasteiger partial charge >= 0.3 is 5.97 Å². The molecule has 0 aromatic carbocycles. The summed E-state index contributed by atoms with van der Waals surface area (Å²) in [6, 6.07) is -0.719. The Bertz CT molecular complexity index is 1150. The molecule has 0 saturated carbocycles. The van der Waals surface area contributed by atoms with Crippen molar-refractivity contribution in [1.82, 2.24) is 5.32 Å². The topological polar surface area (TPSA) is 95.9 Å². The average molecular weight is 866 g/mol. The fourth-order valence-electron chi connectivity index (χ4n) is 7.68. The number of esters is 1. The molecule has 0 spiro atoms. The number of aliphatic hydroxyl groups excluding tert-OH is 2. The van der Waals surface area contributed by atoms with Gasteiger partial charge in [0.1, 0.15) is 6.10 Å². The minimum absolute atomic E-state index is 0.0441. The van der Waals surface area contributed by atoms with E-state index in [1.165, 1.54) is 109 Å². The van der Waals surface area contributed by atoms with Gasteiger partial charge in [0.25, 0.3) is 0 Å². The Morgan fingerprint density at radius 2 is 0.952 bits per heavy atom. The zero-order chi connectivity index (χ0) is 45.2. The summed E-state index contributed by atoms with van der Waals surface area (Å²) in [4.78, 5) is 26.1. The van der Waals surface area contributed by atoms with E-state index in [0.29, 0.717) is 19.3 Å². The largest absolute Gasteiger partial charge is 0.462 e. The molecule has 0 saturated heterocycles. The van der Waals surface area contributed by atoms with Crippen LogP contribution in [0.1, 0.15) is 245 Å². The van der Waals surface area contributed by atoms with Gasteiger partial charge in [0.05, 0.1) is 25.2 Å². The van der Waals surface area contributed by atoms with Gasteiger partial charge in [-0.05, 0) is 77.0 Å². The van der Waals surface area contributed by atoms with Crippen molar-refractivity contribution in [2.24, 2.45) is 0 Å². The van der Waals surface area contributed by atoms with E-state index < -0.39 is 18.2 Å². The standard InChI is InChI=1S/C56H99NO5/c1-4-7-10-13-16-19-22-25-27-29-30-33-36-39-42-45-48-54(59)53(51-58)57-55(60)50-52(47-44-41-38-35-32-24-21-18-15-12-9-6-3)62-56(61)49-46-43-40-37-34-31-28-26-23-20-17-14-11-8-5-2/h8-9,11-12,14,17-18,20-21,23,32,35,52-54,58-59H,4-7,10,13,15-16,19,22,24-31,33-34,36-51H2,1-3H3,(H,57,60)/b11-8+,12-9+,17-14+,21-18+,23-20+,35-32+. The van der Waals surface area contributed by atoms with Crippen molar-refractivity contribution in [2.75, 3.05) is 6.61 Å². The molecule has 3 unspecified atom stereocenters. The van der Waals surface area contributed by atoms with Crippen LogP contribution in [0.5, 0.6) is 0 Å². The Hall–Kier alpha value is -2.70. The van der Waals surface area contributed by atoms with Crippen molar-refractivity contribution in [1.29, 1.82) is 0 Å². The van der Waals surface area contributed by atoms with E-state index in [-0.39, 0.29) is 24.9 Å². The summed E-state index contributed by atoms with van der Waals surface area (Å²) >= 11 is 0. The lowest BCUT2D eigenvalue weighted by atomic mass is 10.0. The third kappa shape index (κ3) is 43.9. The molecule has 0 aliphatic rings. The van der Waals surface area contributed by atoms with Crippen molar-refractivity contribution in [3.63, 3.8) is 0 Å². The van der Waals surface area contributed by atoms with E-state index in [1.807, 2.05) is 0 Å². The molecule has 62 heavy (non-hydrogen) atoms. The second-order valence-corrected chi connectivity index (χ2v) is 17.6. The molecule has 3 N–H and O–H groups in total. The van der Waals surface area contributed by atoms with Crippen LogP contribution in [0.2, 0.25) is 0 Å². The lowest BCUT2D eigenvalue weighted by Crippen LogP contribution is -2.46. The maximum atomic E-state index is 13.2. The van der Waals surface area contributed by atoms with Crippen molar-refractivity contribution >= 4 is 11.9 Å². The van der Waals surface area contributed by atoms with E-state index in [0.717, 1.165) is 89.9 Å². The van der Waals surface area contributed by atoms with Gasteiger partial charge in [0.2, 0.25) is 5.91 Å². The molecular formula is C56H99NO5. The highest BCUT2D eigenvalue weighted by molar-refractivity contribution is 5.77. The minimum atomic E-state index is -0.803. The zero-order valence-corrected chi connectivity index (χ0v) is 40.7. The fourth-order valence-corrected chi connectivity index (χ4v) is 7.68. The number of unbranched alkanes of at least 4 members (excludes halogenated alkanes) is 24. The second-order valence-electron chi connectivity index (χ2n) is 17.6. The summed E-state index contributed by atoms with van der Waals surface area (Å²) in [7, 11) is 0. The molecule has 3 atom stereocenters. The highest BCUT2D eigenvalue weighted by atomic mass is 16.5. The molecule has 0 bridgehead atoms. The molecule has 6 heteroatoms. The molecule has 0 aliphatic carbocycles. The van der Waals surface area contributed by atoms with Crippen LogP contribution in [0.3, 0.4) is 0 Å². The summed E-state index contributed by atoms with van der Waals surface area (Å²) in [5.41, 5.74) is 0. The smallest absolute Gasteiger partial charge is 0.306 e. The third-order valence-corrected chi connectivity index (χ3v) is 11.6. The second kappa shape index (κ2) is 49.3. The summed E-state index contributed by atoms with van der Waals surface area (Å²) in [6.07, 6.45) is 62.5. The zero-order valence-electron chi connectivity index (χ0n) is 40.7. The lowest BCUT2D eigenvalue weighted by Gasteiger charge is -2.24. The van der Waals surface area contributed by atoms with Crippen molar-refractivity contribution in [3.05, 3.63) is 72.9 Å². The molecule has 0 rings (SSSR count). The van der Waals surface area contributed by atoms with Crippen molar-refractivity contribution in [3.8, 4) is 0 Å². The van der Waals surface area contributed by atoms with E-state index >= 15 is 0 Å². The predicted molar refractivity (Wildman–Crippen MR) is 268 cm³/mol. The first-order valence-corrected chi connectivity index (χ1v) is 26.2. The predicted octanol–water partition coefficient (Wildman–Crippen LogP) is 15.8. The number of ether oxygens (including phenoxy) is 1. The van der Waals surface area contributed by atoms with E-state index in [4.69, 9.17) is 4.74 Å². The number of nitrogens with one attached hydrogen (secondary N) is 1. The molecule has 0 fully saturated rings. The van der Waals surface area contributed by atoms with Crippen LogP contribution in [-0.4, -0.2) is 46.9 Å². The Morgan fingerprint density at radius 1 is 0.500 bits per heavy atom. The first-order valence-electron chi connectivity index (χ1n) is 26.2. The average Bonchev–Trinajstić information content (AvgIpc) is 3.26. The van der Waals surface area contributed by atoms with Crippen LogP contribution in [0, 0.1) is 0 Å². The minimum Gasteiger partial charge on any atom is -0.462 e. The Kier molecular flexibility index (Phi) is 47.2. The molecule has 0 heterocycles. The van der Waals surface area contributed by atoms with Crippen LogP contribution in [0.25, 0.3) is 0 Å². The normalized spacial score (nSPS) is 13.8. The monoisotopic (exact) mass is 866 g/mol. The van der Waals surface area contributed by atoms with Gasteiger partial charge < -0.3 is 20.3 Å². The van der Waals surface area contributed by atoms with E-state index in [2.05, 4.69) is 99.0 Å². The van der Waals surface area contributed by atoms with Gasteiger partial charge in [-0.25, -0.2) is 0 Å². The van der Waals surface area contributed by atoms with E-state index in [9.17, 15) is 19.8 Å². The van der Waals surface area contributed by atoms with Crippen molar-refractivity contribution in [2.45, 2.75) is 264 Å². The Labute approximate surface area is 383 Å². The first kappa shape index (κ1) is 59.3. The Morgan fingerprint density at radius 3 is 1.52 bits per heavy atom. The number of hydrogen-bond donors (Lipinski definition) is 3. The van der Waals surface area contributed by atoms with Crippen LogP contribution in [-0.2, 0) is 14.3 Å². The van der Waals surface area contributed by atoms with Crippen molar-refractivity contribution < 1.29 is 24.5 Å². The number of allylic oxidation sites excluding steroid dienone is 12. The first-order chi connectivity index (χ1) is 30.5. The van der Waals surface area contributed by atoms with Gasteiger partial charge in [0.15, 0.2) is 0 Å². The van der Waals surface area contributed by atoms with Crippen LogP contribution in [0.4, 0.5) is 0 Å². The third-order valence-electron chi connectivity index (χ3n) is 11.6. The SMILES string of the molecule is CC/C=C/C=C/C=C/CCCCCCCCCC(=O)OC(CCCC/C=C/C/C=C/C/C=C/CC)CC(=O)NC(CO)C(O)CCCCCCCCCCCCCCCCCC. The molecule has 0 radical (unpaired) electrons. The lowest BCUT2D eigenvalue weighted by molar-refractivity contribution is -0.151. The molecular weight excluding hydrogens is 767 g/mol. The quantitative estimate of drug-likeness (QED) is 0.0245. The molecule has 358 valence electrons. The van der Waals surface area contributed by atoms with Gasteiger partial charge in [-0.2, -0.15) is 0 Å². The number of carbonyl (C=O) groups excluding carboxylic acids is 2. The number of aliphatic hydroxyl groups is 2. The summed E-state index contributed by atoms with van der Waals surface area (Å²) in [5.74, 6) is -0.527. The maximum absolute atomic E-state index is 13.2. The molecule has 0 aliphatic heterocycles. The van der Waals surface area contributed by atoms with Gasteiger partial charge in [-0.15, -0.1) is 0 Å². The summed E-state index contributed by atoms with van der Waals surface area (Å²) in [5, 5.41) is 23.8. The molecule has 0 aromatic rings. The van der Waals surface area contributed by atoms with Gasteiger partial charge in [-0.1, -0.05) is 229 Å². The van der Waals surface area contributed by atoms with Crippen LogP contribution < -0.4 is 5.32 Å². The van der Waals surface area contributed by atoms with Gasteiger partial charge in [0, 0.05) is 6.42 Å².